The molecule has 1 aromatic heterocycles. The van der Waals surface area contributed by atoms with Gasteiger partial charge < -0.3 is 9.32 Å². The molecule has 156 valence electrons. The summed E-state index contributed by atoms with van der Waals surface area (Å²) >= 11 is 0. The van der Waals surface area contributed by atoms with Gasteiger partial charge in [0.25, 0.3) is 5.91 Å². The molecule has 0 aliphatic carbocycles. The van der Waals surface area contributed by atoms with Crippen molar-refractivity contribution in [2.24, 2.45) is 0 Å². The molecule has 0 aliphatic rings. The van der Waals surface area contributed by atoms with Crippen LogP contribution in [-0.2, 0) is 0 Å². The van der Waals surface area contributed by atoms with E-state index in [9.17, 15) is 9.18 Å². The van der Waals surface area contributed by atoms with Crippen molar-refractivity contribution in [3.05, 3.63) is 95.3 Å². The van der Waals surface area contributed by atoms with Crippen LogP contribution < -0.4 is 0 Å². The third-order valence-corrected chi connectivity index (χ3v) is 5.32. The number of carbonyl (C=O) groups is 1. The van der Waals surface area contributed by atoms with E-state index >= 15 is 0 Å². The molecule has 0 aliphatic heterocycles. The van der Waals surface area contributed by atoms with Crippen molar-refractivity contribution in [3.63, 3.8) is 0 Å². The highest BCUT2D eigenvalue weighted by atomic mass is 19.1. The maximum Gasteiger partial charge on any atom is 0.254 e. The Hall–Kier alpha value is -3.80. The maximum atomic E-state index is 13.2. The number of carbonyl (C=O) groups excluding carboxylic acids is 1. The van der Waals surface area contributed by atoms with Crippen molar-refractivity contribution in [2.45, 2.75) is 19.9 Å². The van der Waals surface area contributed by atoms with Gasteiger partial charge in [0.15, 0.2) is 0 Å². The van der Waals surface area contributed by atoms with Gasteiger partial charge in [-0.15, -0.1) is 10.2 Å². The number of halogens is 1. The predicted octanol–water partition coefficient (Wildman–Crippen LogP) is 5.68. The van der Waals surface area contributed by atoms with Gasteiger partial charge in [-0.05, 0) is 67.9 Å². The Morgan fingerprint density at radius 2 is 1.58 bits per heavy atom. The second-order valence-electron chi connectivity index (χ2n) is 7.50. The molecule has 0 fully saturated rings. The van der Waals surface area contributed by atoms with Crippen LogP contribution in [0.25, 0.3) is 22.9 Å². The molecule has 1 atom stereocenters. The molecule has 0 radical (unpaired) electrons. The Bertz CT molecular complexity index is 1200. The zero-order valence-corrected chi connectivity index (χ0v) is 17.5. The van der Waals surface area contributed by atoms with E-state index in [0.29, 0.717) is 17.3 Å². The van der Waals surface area contributed by atoms with Crippen LogP contribution in [0.15, 0.2) is 77.2 Å². The number of rotatable bonds is 5. The van der Waals surface area contributed by atoms with Gasteiger partial charge in [-0.3, -0.25) is 4.79 Å². The third kappa shape index (κ3) is 4.38. The number of amides is 1. The minimum absolute atomic E-state index is 0.130. The smallest absolute Gasteiger partial charge is 0.254 e. The SMILES string of the molecule is Cc1cccc(-c2nnc(-c3ccc(C(=O)N(C)C(C)c4ccc(F)cc4)cc3)o2)c1. The summed E-state index contributed by atoms with van der Waals surface area (Å²) in [5.41, 5.74) is 4.11. The first-order valence-electron chi connectivity index (χ1n) is 9.96. The van der Waals surface area contributed by atoms with Crippen molar-refractivity contribution >= 4 is 5.91 Å². The van der Waals surface area contributed by atoms with Crippen molar-refractivity contribution < 1.29 is 13.6 Å². The zero-order valence-electron chi connectivity index (χ0n) is 17.5. The minimum Gasteiger partial charge on any atom is -0.416 e. The molecule has 0 bridgehead atoms. The topological polar surface area (TPSA) is 59.2 Å². The summed E-state index contributed by atoms with van der Waals surface area (Å²) in [6.45, 7) is 3.91. The Kier molecular flexibility index (Phi) is 5.62. The van der Waals surface area contributed by atoms with Crippen LogP contribution >= 0.6 is 0 Å². The van der Waals surface area contributed by atoms with E-state index in [2.05, 4.69) is 10.2 Å². The van der Waals surface area contributed by atoms with Gasteiger partial charge in [-0.2, -0.15) is 0 Å². The van der Waals surface area contributed by atoms with Crippen LogP contribution in [0.3, 0.4) is 0 Å². The highest BCUT2D eigenvalue weighted by Crippen LogP contribution is 2.26. The van der Waals surface area contributed by atoms with Gasteiger partial charge in [-0.1, -0.05) is 29.8 Å². The Morgan fingerprint density at radius 1 is 0.935 bits per heavy atom. The first-order valence-corrected chi connectivity index (χ1v) is 9.96. The van der Waals surface area contributed by atoms with Gasteiger partial charge >= 0.3 is 0 Å². The summed E-state index contributed by atoms with van der Waals surface area (Å²) in [6.07, 6.45) is 0. The molecule has 1 unspecified atom stereocenters. The molecule has 1 amide bonds. The molecule has 0 saturated heterocycles. The summed E-state index contributed by atoms with van der Waals surface area (Å²) in [6, 6.07) is 20.9. The normalized spacial score (nSPS) is 11.9. The number of hydrogen-bond acceptors (Lipinski definition) is 4. The molecule has 5 nitrogen and oxygen atoms in total. The van der Waals surface area contributed by atoms with E-state index in [1.54, 1.807) is 48.3 Å². The van der Waals surface area contributed by atoms with Crippen LogP contribution in [-0.4, -0.2) is 28.1 Å². The summed E-state index contributed by atoms with van der Waals surface area (Å²) in [4.78, 5) is 14.5. The van der Waals surface area contributed by atoms with Crippen LogP contribution in [0.4, 0.5) is 4.39 Å². The molecule has 31 heavy (non-hydrogen) atoms. The summed E-state index contributed by atoms with van der Waals surface area (Å²) in [5, 5.41) is 8.27. The first kappa shape index (κ1) is 20.5. The Labute approximate surface area is 180 Å². The lowest BCUT2D eigenvalue weighted by atomic mass is 10.1. The fourth-order valence-electron chi connectivity index (χ4n) is 3.33. The lowest BCUT2D eigenvalue weighted by Crippen LogP contribution is -2.29. The molecule has 3 aromatic carbocycles. The number of aromatic nitrogens is 2. The summed E-state index contributed by atoms with van der Waals surface area (Å²) < 4.78 is 19.0. The molecule has 4 rings (SSSR count). The minimum atomic E-state index is -0.299. The number of benzene rings is 3. The van der Waals surface area contributed by atoms with Crippen LogP contribution in [0.1, 0.15) is 34.5 Å². The van der Waals surface area contributed by atoms with Gasteiger partial charge in [0.1, 0.15) is 5.82 Å². The van der Waals surface area contributed by atoms with Crippen molar-refractivity contribution in [2.75, 3.05) is 7.05 Å². The lowest BCUT2D eigenvalue weighted by molar-refractivity contribution is 0.0742. The Balaban J connectivity index is 1.50. The van der Waals surface area contributed by atoms with Crippen molar-refractivity contribution in [3.8, 4) is 22.9 Å². The molecular weight excluding hydrogens is 393 g/mol. The van der Waals surface area contributed by atoms with E-state index in [1.165, 1.54) is 12.1 Å². The first-order chi connectivity index (χ1) is 14.9. The fourth-order valence-corrected chi connectivity index (χ4v) is 3.33. The number of hydrogen-bond donors (Lipinski definition) is 0. The standard InChI is InChI=1S/C25H22FN3O2/c1-16-5-4-6-21(15-16)24-28-27-23(31-24)19-7-9-20(10-8-19)25(30)29(3)17(2)18-11-13-22(26)14-12-18/h4-15,17H,1-3H3. The van der Waals surface area contributed by atoms with E-state index < -0.39 is 0 Å². The highest BCUT2D eigenvalue weighted by molar-refractivity contribution is 5.94. The van der Waals surface area contributed by atoms with Gasteiger partial charge in [-0.25, -0.2) is 4.39 Å². The largest absolute Gasteiger partial charge is 0.416 e. The van der Waals surface area contributed by atoms with E-state index in [4.69, 9.17) is 4.42 Å². The maximum absolute atomic E-state index is 13.2. The summed E-state index contributed by atoms with van der Waals surface area (Å²) in [5.74, 6) is 0.414. The number of nitrogens with zero attached hydrogens (tertiary/aromatic N) is 3. The van der Waals surface area contributed by atoms with Crippen molar-refractivity contribution in [1.82, 2.24) is 15.1 Å². The highest BCUT2D eigenvalue weighted by Gasteiger charge is 2.19. The van der Waals surface area contributed by atoms with Crippen molar-refractivity contribution in [1.29, 1.82) is 0 Å². The molecular formula is C25H22FN3O2. The molecule has 6 heteroatoms. The van der Waals surface area contributed by atoms with Gasteiger partial charge in [0.2, 0.25) is 11.8 Å². The molecule has 0 saturated carbocycles. The third-order valence-electron chi connectivity index (χ3n) is 5.32. The van der Waals surface area contributed by atoms with E-state index in [-0.39, 0.29) is 17.8 Å². The molecule has 1 heterocycles. The van der Waals surface area contributed by atoms with Crippen LogP contribution in [0.2, 0.25) is 0 Å². The zero-order chi connectivity index (χ0) is 22.0. The lowest BCUT2D eigenvalue weighted by Gasteiger charge is -2.25. The molecule has 0 spiro atoms. The average molecular weight is 415 g/mol. The summed E-state index contributed by atoms with van der Waals surface area (Å²) in [7, 11) is 1.73. The van der Waals surface area contributed by atoms with E-state index in [0.717, 1.165) is 22.3 Å². The Morgan fingerprint density at radius 3 is 2.23 bits per heavy atom. The monoisotopic (exact) mass is 415 g/mol. The fraction of sp³-hybridized carbons (Fsp3) is 0.160. The van der Waals surface area contributed by atoms with Crippen LogP contribution in [0.5, 0.6) is 0 Å². The molecule has 4 aromatic rings. The van der Waals surface area contributed by atoms with Gasteiger partial charge in [0, 0.05) is 23.7 Å². The predicted molar refractivity (Wildman–Crippen MR) is 117 cm³/mol. The second kappa shape index (κ2) is 8.52. The van der Waals surface area contributed by atoms with Crippen LogP contribution in [0, 0.1) is 12.7 Å². The van der Waals surface area contributed by atoms with E-state index in [1.807, 2.05) is 38.1 Å². The second-order valence-corrected chi connectivity index (χ2v) is 7.50. The van der Waals surface area contributed by atoms with Gasteiger partial charge in [0.05, 0.1) is 6.04 Å². The average Bonchev–Trinajstić information content (AvgIpc) is 3.29. The molecule has 0 N–H and O–H groups in total. The quantitative estimate of drug-likeness (QED) is 0.420. The number of aryl methyl sites for hydroxylation is 1.